The predicted molar refractivity (Wildman–Crippen MR) is 71.7 cm³/mol. The summed E-state index contributed by atoms with van der Waals surface area (Å²) in [5.41, 5.74) is 0.419. The Balaban J connectivity index is 2.44. The maximum Gasteiger partial charge on any atom is 0.325 e. The van der Waals surface area contributed by atoms with Crippen molar-refractivity contribution in [3.05, 3.63) is 34.3 Å². The summed E-state index contributed by atoms with van der Waals surface area (Å²) in [6.45, 7) is 1.07. The van der Waals surface area contributed by atoms with E-state index in [-0.39, 0.29) is 6.54 Å². The number of aliphatic carboxylic acids is 1. The molecule has 3 N–H and O–H groups in total. The smallest absolute Gasteiger partial charge is 0.325 e. The van der Waals surface area contributed by atoms with E-state index in [1.54, 1.807) is 24.3 Å². The average Bonchev–Trinajstić information content (AvgIpc) is 2.36. The number of carboxylic acid groups (broad SMARTS) is 1. The second-order valence-electron chi connectivity index (χ2n) is 3.82. The van der Waals surface area contributed by atoms with Gasteiger partial charge >= 0.3 is 5.97 Å². The summed E-state index contributed by atoms with van der Waals surface area (Å²) in [6, 6.07) is 5.65. The van der Waals surface area contributed by atoms with Crippen LogP contribution >= 0.6 is 15.9 Å². The summed E-state index contributed by atoms with van der Waals surface area (Å²) in [4.78, 5) is 33.5. The van der Waals surface area contributed by atoms with Crippen LogP contribution in [0, 0.1) is 0 Å². The minimum atomic E-state index is -1.13. The Morgan fingerprint density at radius 2 is 1.84 bits per heavy atom. The standard InChI is InChI=1S/C12H13BrN2O4/c1-7(12(18)19)15-10(16)6-14-11(17)8-2-4-9(13)5-3-8/h2-5,7H,6H2,1H3,(H,14,17)(H,15,16)(H,18,19)/t7-/m0/s1. The molecule has 1 aromatic carbocycles. The first-order chi connectivity index (χ1) is 8.90. The van der Waals surface area contributed by atoms with Crippen LogP contribution in [0.4, 0.5) is 0 Å². The quantitative estimate of drug-likeness (QED) is 0.743. The molecule has 6 nitrogen and oxygen atoms in total. The zero-order chi connectivity index (χ0) is 14.4. The van der Waals surface area contributed by atoms with Crippen molar-refractivity contribution in [2.75, 3.05) is 6.54 Å². The predicted octanol–water partition coefficient (Wildman–Crippen LogP) is 0.768. The number of carbonyl (C=O) groups is 3. The van der Waals surface area contributed by atoms with Crippen LogP contribution in [0.3, 0.4) is 0 Å². The molecule has 2 amide bonds. The number of rotatable bonds is 5. The van der Waals surface area contributed by atoms with Gasteiger partial charge < -0.3 is 15.7 Å². The third kappa shape index (κ3) is 5.09. The Morgan fingerprint density at radius 3 is 2.37 bits per heavy atom. The Morgan fingerprint density at radius 1 is 1.26 bits per heavy atom. The van der Waals surface area contributed by atoms with Gasteiger partial charge in [0.2, 0.25) is 5.91 Å². The SMILES string of the molecule is C[C@H](NC(=O)CNC(=O)c1ccc(Br)cc1)C(=O)O. The van der Waals surface area contributed by atoms with E-state index < -0.39 is 23.8 Å². The molecule has 0 unspecified atom stereocenters. The third-order valence-electron chi connectivity index (χ3n) is 2.26. The zero-order valence-electron chi connectivity index (χ0n) is 10.1. The molecule has 0 aliphatic heterocycles. The van der Waals surface area contributed by atoms with E-state index in [0.29, 0.717) is 5.56 Å². The summed E-state index contributed by atoms with van der Waals surface area (Å²) in [5.74, 6) is -2.08. The first-order valence-electron chi connectivity index (χ1n) is 5.46. The Kier molecular flexibility index (Phi) is 5.50. The van der Waals surface area contributed by atoms with E-state index in [1.165, 1.54) is 6.92 Å². The van der Waals surface area contributed by atoms with Gasteiger partial charge in [-0.2, -0.15) is 0 Å². The van der Waals surface area contributed by atoms with E-state index in [1.807, 2.05) is 0 Å². The van der Waals surface area contributed by atoms with Crippen LogP contribution in [0.5, 0.6) is 0 Å². The van der Waals surface area contributed by atoms with Crippen molar-refractivity contribution in [3.63, 3.8) is 0 Å². The monoisotopic (exact) mass is 328 g/mol. The van der Waals surface area contributed by atoms with E-state index >= 15 is 0 Å². The van der Waals surface area contributed by atoms with Gasteiger partial charge in [0.15, 0.2) is 0 Å². The van der Waals surface area contributed by atoms with E-state index in [2.05, 4.69) is 26.6 Å². The van der Waals surface area contributed by atoms with Gasteiger partial charge in [0.1, 0.15) is 6.04 Å². The topological polar surface area (TPSA) is 95.5 Å². The molecule has 1 atom stereocenters. The summed E-state index contributed by atoms with van der Waals surface area (Å²) < 4.78 is 0.845. The van der Waals surface area contributed by atoms with Crippen molar-refractivity contribution in [2.45, 2.75) is 13.0 Å². The van der Waals surface area contributed by atoms with Gasteiger partial charge in [-0.1, -0.05) is 15.9 Å². The van der Waals surface area contributed by atoms with Crippen molar-refractivity contribution >= 4 is 33.7 Å². The number of carbonyl (C=O) groups excluding carboxylic acids is 2. The van der Waals surface area contributed by atoms with Crippen LogP contribution in [-0.4, -0.2) is 35.5 Å². The van der Waals surface area contributed by atoms with E-state index in [9.17, 15) is 14.4 Å². The van der Waals surface area contributed by atoms with Gasteiger partial charge in [-0.3, -0.25) is 14.4 Å². The third-order valence-corrected chi connectivity index (χ3v) is 2.79. The number of carboxylic acids is 1. The normalized spacial score (nSPS) is 11.5. The molecule has 102 valence electrons. The first-order valence-corrected chi connectivity index (χ1v) is 6.25. The fourth-order valence-electron chi connectivity index (χ4n) is 1.22. The Hall–Kier alpha value is -1.89. The molecular weight excluding hydrogens is 316 g/mol. The van der Waals surface area contributed by atoms with Gasteiger partial charge in [-0.15, -0.1) is 0 Å². The summed E-state index contributed by atoms with van der Waals surface area (Å²) in [5, 5.41) is 13.2. The number of amides is 2. The molecule has 0 fully saturated rings. The van der Waals surface area contributed by atoms with Gasteiger partial charge in [0.25, 0.3) is 5.91 Å². The number of hydrogen-bond acceptors (Lipinski definition) is 3. The lowest BCUT2D eigenvalue weighted by atomic mass is 10.2. The highest BCUT2D eigenvalue weighted by Gasteiger charge is 2.14. The van der Waals surface area contributed by atoms with Crippen LogP contribution in [0.15, 0.2) is 28.7 Å². The molecule has 0 spiro atoms. The fraction of sp³-hybridized carbons (Fsp3) is 0.250. The molecule has 0 radical (unpaired) electrons. The molecule has 0 heterocycles. The van der Waals surface area contributed by atoms with Crippen molar-refractivity contribution in [1.82, 2.24) is 10.6 Å². The molecular formula is C12H13BrN2O4. The molecule has 0 aliphatic carbocycles. The summed E-state index contributed by atoms with van der Waals surface area (Å²) in [7, 11) is 0. The highest BCUT2D eigenvalue weighted by atomic mass is 79.9. The maximum atomic E-state index is 11.7. The molecule has 0 saturated carbocycles. The van der Waals surface area contributed by atoms with Crippen LogP contribution in [0.1, 0.15) is 17.3 Å². The Bertz CT molecular complexity index is 487. The zero-order valence-corrected chi connectivity index (χ0v) is 11.7. The molecule has 19 heavy (non-hydrogen) atoms. The fourth-order valence-corrected chi connectivity index (χ4v) is 1.48. The van der Waals surface area contributed by atoms with Crippen LogP contribution in [-0.2, 0) is 9.59 Å². The minimum Gasteiger partial charge on any atom is -0.480 e. The minimum absolute atomic E-state index is 0.271. The number of hydrogen-bond donors (Lipinski definition) is 3. The molecule has 0 bridgehead atoms. The highest BCUT2D eigenvalue weighted by molar-refractivity contribution is 9.10. The van der Waals surface area contributed by atoms with Crippen molar-refractivity contribution in [3.8, 4) is 0 Å². The lowest BCUT2D eigenvalue weighted by Gasteiger charge is -2.10. The average molecular weight is 329 g/mol. The van der Waals surface area contributed by atoms with Crippen LogP contribution < -0.4 is 10.6 Å². The van der Waals surface area contributed by atoms with E-state index in [0.717, 1.165) is 4.47 Å². The lowest BCUT2D eigenvalue weighted by Crippen LogP contribution is -2.43. The van der Waals surface area contributed by atoms with Crippen molar-refractivity contribution < 1.29 is 19.5 Å². The molecule has 7 heteroatoms. The maximum absolute atomic E-state index is 11.7. The van der Waals surface area contributed by atoms with Crippen LogP contribution in [0.25, 0.3) is 0 Å². The largest absolute Gasteiger partial charge is 0.480 e. The molecule has 0 aromatic heterocycles. The highest BCUT2D eigenvalue weighted by Crippen LogP contribution is 2.10. The Labute approximate surface area is 118 Å². The second kappa shape index (κ2) is 6.89. The summed E-state index contributed by atoms with van der Waals surface area (Å²) >= 11 is 3.25. The summed E-state index contributed by atoms with van der Waals surface area (Å²) in [6.07, 6.45) is 0. The number of benzene rings is 1. The second-order valence-corrected chi connectivity index (χ2v) is 4.73. The van der Waals surface area contributed by atoms with Crippen molar-refractivity contribution in [2.24, 2.45) is 0 Å². The van der Waals surface area contributed by atoms with Gasteiger partial charge in [-0.25, -0.2) is 0 Å². The number of halogens is 1. The molecule has 1 aromatic rings. The van der Waals surface area contributed by atoms with Gasteiger partial charge in [0.05, 0.1) is 6.54 Å². The van der Waals surface area contributed by atoms with E-state index in [4.69, 9.17) is 5.11 Å². The van der Waals surface area contributed by atoms with Gasteiger partial charge in [-0.05, 0) is 31.2 Å². The van der Waals surface area contributed by atoms with Crippen molar-refractivity contribution in [1.29, 1.82) is 0 Å². The molecule has 0 saturated heterocycles. The molecule has 1 rings (SSSR count). The van der Waals surface area contributed by atoms with Gasteiger partial charge in [0, 0.05) is 10.0 Å². The number of nitrogens with one attached hydrogen (secondary N) is 2. The first kappa shape index (κ1) is 15.2. The molecule has 0 aliphatic rings. The lowest BCUT2D eigenvalue weighted by molar-refractivity contribution is -0.141. The van der Waals surface area contributed by atoms with Crippen LogP contribution in [0.2, 0.25) is 0 Å².